The van der Waals surface area contributed by atoms with Crippen LogP contribution >= 0.6 is 0 Å². The number of amides is 1. The van der Waals surface area contributed by atoms with Crippen LogP contribution in [0.1, 0.15) is 43.6 Å². The maximum atomic E-state index is 13.6. The number of nitrogens with one attached hydrogen (secondary N) is 2. The van der Waals surface area contributed by atoms with E-state index < -0.39 is 23.3 Å². The van der Waals surface area contributed by atoms with Crippen molar-refractivity contribution in [1.29, 1.82) is 0 Å². The average molecular weight is 464 g/mol. The number of rotatable bonds is 5. The van der Waals surface area contributed by atoms with Crippen LogP contribution in [0.15, 0.2) is 18.2 Å². The molecule has 0 spiro atoms. The lowest BCUT2D eigenvalue weighted by atomic mass is 8.93. The molecule has 2 N–H and O–H groups in total. The molecule has 1 aromatic rings. The van der Waals surface area contributed by atoms with Gasteiger partial charge < -0.3 is 20.1 Å². The molecule has 33 heavy (non-hydrogen) atoms. The molecule has 1 atom stereocenters. The van der Waals surface area contributed by atoms with E-state index in [1.54, 1.807) is 0 Å². The van der Waals surface area contributed by atoms with Gasteiger partial charge in [0.1, 0.15) is 5.60 Å². The maximum absolute atomic E-state index is 13.6. The Hall–Kier alpha value is -2.45. The van der Waals surface area contributed by atoms with Crippen LogP contribution in [0.2, 0.25) is 0 Å². The highest BCUT2D eigenvalue weighted by molar-refractivity contribution is 5.91. The molecule has 0 unspecified atom stereocenters. The van der Waals surface area contributed by atoms with E-state index >= 15 is 0 Å². The van der Waals surface area contributed by atoms with Crippen LogP contribution in [-0.2, 0) is 15.7 Å². The number of carbonyl (C=O) groups excluding carboxylic acids is 2. The Balaban J connectivity index is 1.19. The topological polar surface area (TPSA) is 76.7 Å². The van der Waals surface area contributed by atoms with E-state index in [0.29, 0.717) is 35.5 Å². The number of alkyl carbamates (subject to hydrolysis) is 1. The van der Waals surface area contributed by atoms with Crippen molar-refractivity contribution >= 4 is 17.7 Å². The zero-order chi connectivity index (χ0) is 23.9. The standard InChI is InChI=1S/C24H27F3N2O4/c1-9(28-12-8-10(19(30)32-5)6-7-11(12)24(25,26)27)22-13-16-14(22)18-15(22)17(13)23(16,18)29-20(31)33-21(2,3)4/h6-9,13-18,28H,1-5H3,(H,29,31)/t9-,13?,14?,15?,16?,17?,18?,22?,23?/m0/s1. The number of ether oxygens (including phenoxy) is 2. The summed E-state index contributed by atoms with van der Waals surface area (Å²) in [4.78, 5) is 24.2. The second kappa shape index (κ2) is 5.78. The van der Waals surface area contributed by atoms with E-state index in [1.807, 2.05) is 27.7 Å². The third-order valence-corrected chi connectivity index (χ3v) is 9.29. The zero-order valence-corrected chi connectivity index (χ0v) is 19.0. The van der Waals surface area contributed by atoms with E-state index in [9.17, 15) is 22.8 Å². The summed E-state index contributed by atoms with van der Waals surface area (Å²) >= 11 is 0. The van der Waals surface area contributed by atoms with Crippen LogP contribution in [-0.4, -0.2) is 36.4 Å². The summed E-state index contributed by atoms with van der Waals surface area (Å²) in [6.45, 7) is 7.44. The van der Waals surface area contributed by atoms with Gasteiger partial charge >= 0.3 is 18.2 Å². The molecular weight excluding hydrogens is 437 g/mol. The highest BCUT2D eigenvalue weighted by atomic mass is 19.4. The quantitative estimate of drug-likeness (QED) is 0.636. The first-order valence-electron chi connectivity index (χ1n) is 11.4. The molecule has 6 aliphatic rings. The lowest BCUT2D eigenvalue weighted by molar-refractivity contribution is -0.627. The number of alkyl halides is 3. The van der Waals surface area contributed by atoms with Crippen molar-refractivity contribution in [2.75, 3.05) is 12.4 Å². The van der Waals surface area contributed by atoms with E-state index in [2.05, 4.69) is 15.4 Å². The van der Waals surface area contributed by atoms with Crippen LogP contribution < -0.4 is 10.6 Å². The number of esters is 1. The maximum Gasteiger partial charge on any atom is 0.418 e. The number of anilines is 1. The summed E-state index contributed by atoms with van der Waals surface area (Å²) in [5.41, 5.74) is -1.52. The number of carbonyl (C=O) groups is 2. The largest absolute Gasteiger partial charge is 0.465 e. The van der Waals surface area contributed by atoms with Gasteiger partial charge in [0, 0.05) is 17.1 Å². The Morgan fingerprint density at radius 3 is 2.09 bits per heavy atom. The van der Waals surface area contributed by atoms with Gasteiger partial charge in [-0.25, -0.2) is 9.59 Å². The van der Waals surface area contributed by atoms with Gasteiger partial charge in [-0.1, -0.05) is 0 Å². The molecule has 7 rings (SSSR count). The van der Waals surface area contributed by atoms with E-state index in [1.165, 1.54) is 13.2 Å². The highest BCUT2D eigenvalue weighted by Crippen LogP contribution is 3.07. The minimum atomic E-state index is -4.54. The Bertz CT molecular complexity index is 1040. The van der Waals surface area contributed by atoms with Gasteiger partial charge in [-0.15, -0.1) is 0 Å². The van der Waals surface area contributed by atoms with E-state index in [4.69, 9.17) is 4.74 Å². The Morgan fingerprint density at radius 2 is 1.61 bits per heavy atom. The minimum Gasteiger partial charge on any atom is -0.465 e. The monoisotopic (exact) mass is 464 g/mol. The van der Waals surface area contributed by atoms with Gasteiger partial charge in [0.2, 0.25) is 0 Å². The first-order valence-corrected chi connectivity index (χ1v) is 11.4. The molecular formula is C24H27F3N2O4. The molecule has 1 amide bonds. The zero-order valence-electron chi connectivity index (χ0n) is 19.0. The third-order valence-electron chi connectivity index (χ3n) is 9.29. The molecule has 6 nitrogen and oxygen atoms in total. The first-order chi connectivity index (χ1) is 15.3. The molecule has 1 aromatic carbocycles. The molecule has 9 heteroatoms. The molecule has 6 aliphatic carbocycles. The lowest BCUT2D eigenvalue weighted by Crippen LogP contribution is -3.16. The molecule has 0 heterocycles. The van der Waals surface area contributed by atoms with Crippen molar-refractivity contribution in [2.45, 2.75) is 51.1 Å². The summed E-state index contributed by atoms with van der Waals surface area (Å²) in [6, 6.07) is 3.13. The summed E-state index contributed by atoms with van der Waals surface area (Å²) in [5, 5.41) is 6.26. The molecule has 6 saturated carbocycles. The Labute approximate surface area is 189 Å². The molecule has 0 saturated heterocycles. The fourth-order valence-electron chi connectivity index (χ4n) is 8.72. The molecule has 0 radical (unpaired) electrons. The highest BCUT2D eigenvalue weighted by Gasteiger charge is 3.10. The fraction of sp³-hybridized carbons (Fsp3) is 0.667. The summed E-state index contributed by atoms with van der Waals surface area (Å²) in [7, 11) is 1.20. The average Bonchev–Trinajstić information content (AvgIpc) is 2.71. The number of benzene rings is 1. The van der Waals surface area contributed by atoms with Crippen LogP contribution in [0.3, 0.4) is 0 Å². The number of methoxy groups -OCH3 is 1. The van der Waals surface area contributed by atoms with Gasteiger partial charge in [-0.2, -0.15) is 13.2 Å². The Kier molecular flexibility index (Phi) is 3.70. The predicted molar refractivity (Wildman–Crippen MR) is 111 cm³/mol. The van der Waals surface area contributed by atoms with Gasteiger partial charge in [0.05, 0.1) is 23.8 Å². The van der Waals surface area contributed by atoms with Crippen LogP contribution in [0.25, 0.3) is 0 Å². The smallest absolute Gasteiger partial charge is 0.418 e. The van der Waals surface area contributed by atoms with Gasteiger partial charge in [-0.3, -0.25) is 0 Å². The molecule has 0 aliphatic heterocycles. The van der Waals surface area contributed by atoms with Gasteiger partial charge in [0.15, 0.2) is 0 Å². The van der Waals surface area contributed by atoms with Crippen LogP contribution in [0.5, 0.6) is 0 Å². The lowest BCUT2D eigenvalue weighted by Gasteiger charge is -3.11. The van der Waals surface area contributed by atoms with Crippen LogP contribution in [0.4, 0.5) is 23.7 Å². The molecule has 6 fully saturated rings. The van der Waals surface area contributed by atoms with Gasteiger partial charge in [-0.05, 0) is 81.4 Å². The van der Waals surface area contributed by atoms with Crippen molar-refractivity contribution in [1.82, 2.24) is 5.32 Å². The number of halogens is 3. The second-order valence-electron chi connectivity index (χ2n) is 11.3. The number of hydrogen-bond donors (Lipinski definition) is 2. The van der Waals surface area contributed by atoms with Crippen LogP contribution in [0, 0.1) is 40.9 Å². The Morgan fingerprint density at radius 1 is 1.03 bits per heavy atom. The SMILES string of the molecule is COC(=O)c1ccc(C(F)(F)F)c(N[C@@H](C)C23C4C5C2C2C3C4C52NC(=O)OC(C)(C)C)c1. The minimum absolute atomic E-state index is 0.0124. The predicted octanol–water partition coefficient (Wildman–Crippen LogP) is 4.31. The second-order valence-corrected chi connectivity index (χ2v) is 11.3. The summed E-state index contributed by atoms with van der Waals surface area (Å²) < 4.78 is 51.0. The fourth-order valence-corrected chi connectivity index (χ4v) is 8.72. The number of hydrogen-bond acceptors (Lipinski definition) is 5. The van der Waals surface area contributed by atoms with Crippen molar-refractivity contribution in [3.05, 3.63) is 29.3 Å². The van der Waals surface area contributed by atoms with Crippen molar-refractivity contribution < 1.29 is 32.2 Å². The summed E-state index contributed by atoms with van der Waals surface area (Å²) in [6.07, 6.45) is -4.92. The van der Waals surface area contributed by atoms with Crippen molar-refractivity contribution in [3.8, 4) is 0 Å². The first kappa shape index (κ1) is 21.1. The molecule has 0 bridgehead atoms. The third kappa shape index (κ3) is 2.13. The molecule has 178 valence electrons. The van der Waals surface area contributed by atoms with Gasteiger partial charge in [0.25, 0.3) is 0 Å². The van der Waals surface area contributed by atoms with Crippen molar-refractivity contribution in [3.63, 3.8) is 0 Å². The van der Waals surface area contributed by atoms with Crippen molar-refractivity contribution in [2.24, 2.45) is 40.9 Å². The summed E-state index contributed by atoms with van der Waals surface area (Å²) in [5.74, 6) is 1.80. The van der Waals surface area contributed by atoms with E-state index in [-0.39, 0.29) is 34.3 Å². The normalized spacial score (nSPS) is 41.1. The molecule has 0 aromatic heterocycles. The van der Waals surface area contributed by atoms with E-state index in [0.717, 1.165) is 12.1 Å².